The van der Waals surface area contributed by atoms with Gasteiger partial charge in [-0.15, -0.1) is 0 Å². The Bertz CT molecular complexity index is 1040. The molecule has 1 amide bonds. The predicted molar refractivity (Wildman–Crippen MR) is 117 cm³/mol. The Morgan fingerprint density at radius 1 is 1.26 bits per heavy atom. The first-order valence-electron chi connectivity index (χ1n) is 11.3. The minimum atomic E-state index is -0.503. The quantitative estimate of drug-likeness (QED) is 0.592. The summed E-state index contributed by atoms with van der Waals surface area (Å²) >= 11 is 6.19. The molecule has 2 aromatic heterocycles. The van der Waals surface area contributed by atoms with Crippen LogP contribution in [0.4, 0.5) is 9.18 Å². The zero-order chi connectivity index (χ0) is 22.2. The fourth-order valence-corrected chi connectivity index (χ4v) is 5.22. The van der Waals surface area contributed by atoms with Crippen LogP contribution in [0.25, 0.3) is 10.9 Å². The molecule has 8 heteroatoms. The van der Waals surface area contributed by atoms with Crippen molar-refractivity contribution in [2.24, 2.45) is 17.8 Å². The first kappa shape index (κ1) is 21.0. The molecule has 3 heterocycles. The van der Waals surface area contributed by atoms with Crippen LogP contribution < -0.4 is 0 Å². The fraction of sp³-hybridized carbons (Fsp3) is 0.696. The molecule has 31 heavy (non-hydrogen) atoms. The molecule has 5 rings (SSSR count). The summed E-state index contributed by atoms with van der Waals surface area (Å²) in [5.41, 5.74) is 1.80. The Hall–Kier alpha value is -1.89. The zero-order valence-corrected chi connectivity index (χ0v) is 19.5. The minimum absolute atomic E-state index is 0.0661. The van der Waals surface area contributed by atoms with Gasteiger partial charge in [0.05, 0.1) is 17.4 Å². The standard InChI is InChI=1S/C23H30ClFN4O2/c1-11(2)8-15-17-19(27-29(12-6-7-12)20(17)18(25)21(24)26-15)16-13-9-28(10-14(13)16)22(30)31-23(3,4)5/h11-14,16H,6-10H2,1-5H3. The van der Waals surface area contributed by atoms with E-state index in [1.165, 1.54) is 0 Å². The van der Waals surface area contributed by atoms with Crippen molar-refractivity contribution in [3.8, 4) is 0 Å². The molecule has 0 N–H and O–H groups in total. The summed E-state index contributed by atoms with van der Waals surface area (Å²) in [7, 11) is 0. The van der Waals surface area contributed by atoms with Gasteiger partial charge in [0, 0.05) is 24.4 Å². The molecule has 3 aliphatic rings. The number of amides is 1. The summed E-state index contributed by atoms with van der Waals surface area (Å²) in [6.07, 6.45) is 2.50. The van der Waals surface area contributed by atoms with Crippen LogP contribution in [-0.4, -0.2) is 44.4 Å². The number of hydrogen-bond acceptors (Lipinski definition) is 4. The van der Waals surface area contributed by atoms with Gasteiger partial charge >= 0.3 is 6.09 Å². The van der Waals surface area contributed by atoms with Gasteiger partial charge in [-0.1, -0.05) is 25.4 Å². The lowest BCUT2D eigenvalue weighted by atomic mass is 10.0. The Kier molecular flexibility index (Phi) is 4.78. The molecule has 2 aliphatic carbocycles. The third-order valence-corrected chi connectivity index (χ3v) is 6.75. The molecule has 0 radical (unpaired) electrons. The van der Waals surface area contributed by atoms with Gasteiger partial charge in [0.15, 0.2) is 11.0 Å². The molecule has 2 atom stereocenters. The molecule has 0 aromatic carbocycles. The van der Waals surface area contributed by atoms with Gasteiger partial charge in [-0.25, -0.2) is 14.2 Å². The van der Waals surface area contributed by atoms with Crippen molar-refractivity contribution < 1.29 is 13.9 Å². The van der Waals surface area contributed by atoms with Gasteiger partial charge in [0.1, 0.15) is 11.1 Å². The van der Waals surface area contributed by atoms with Gasteiger partial charge in [0.2, 0.25) is 0 Å². The predicted octanol–water partition coefficient (Wildman–Crippen LogP) is 5.34. The first-order valence-corrected chi connectivity index (χ1v) is 11.7. The van der Waals surface area contributed by atoms with Gasteiger partial charge < -0.3 is 9.64 Å². The van der Waals surface area contributed by atoms with Crippen LogP contribution in [0.2, 0.25) is 5.15 Å². The number of aromatic nitrogens is 3. The average molecular weight is 449 g/mol. The Morgan fingerprint density at radius 3 is 2.45 bits per heavy atom. The van der Waals surface area contributed by atoms with E-state index >= 15 is 4.39 Å². The number of hydrogen-bond donors (Lipinski definition) is 0. The van der Waals surface area contributed by atoms with E-state index in [4.69, 9.17) is 21.4 Å². The molecule has 2 aromatic rings. The van der Waals surface area contributed by atoms with Crippen molar-refractivity contribution in [1.82, 2.24) is 19.7 Å². The molecule has 0 bridgehead atoms. The number of carbonyl (C=O) groups is 1. The van der Waals surface area contributed by atoms with Crippen molar-refractivity contribution >= 4 is 28.6 Å². The van der Waals surface area contributed by atoms with Crippen LogP contribution in [0.3, 0.4) is 0 Å². The molecule has 3 fully saturated rings. The lowest BCUT2D eigenvalue weighted by molar-refractivity contribution is 0.0271. The summed E-state index contributed by atoms with van der Waals surface area (Å²) in [5, 5.41) is 5.72. The number of pyridine rings is 1. The maximum atomic E-state index is 15.2. The number of carbonyl (C=O) groups excluding carboxylic acids is 1. The summed E-state index contributed by atoms with van der Waals surface area (Å²) in [6.45, 7) is 11.2. The highest BCUT2D eigenvalue weighted by Crippen LogP contribution is 2.60. The molecule has 2 unspecified atom stereocenters. The van der Waals surface area contributed by atoms with Gasteiger partial charge in [-0.05, 0) is 57.8 Å². The van der Waals surface area contributed by atoms with E-state index in [0.29, 0.717) is 36.4 Å². The van der Waals surface area contributed by atoms with Crippen LogP contribution >= 0.6 is 11.6 Å². The maximum Gasteiger partial charge on any atom is 0.410 e. The first-order chi connectivity index (χ1) is 14.5. The highest BCUT2D eigenvalue weighted by molar-refractivity contribution is 6.30. The maximum absolute atomic E-state index is 15.2. The lowest BCUT2D eigenvalue weighted by Crippen LogP contribution is -2.36. The molecule has 168 valence electrons. The Balaban J connectivity index is 1.48. The molecule has 1 aliphatic heterocycles. The van der Waals surface area contributed by atoms with Crippen LogP contribution in [0.5, 0.6) is 0 Å². The van der Waals surface area contributed by atoms with Crippen molar-refractivity contribution in [2.45, 2.75) is 71.4 Å². The Labute approximate surface area is 187 Å². The van der Waals surface area contributed by atoms with E-state index in [-0.39, 0.29) is 23.2 Å². The normalized spacial score (nSPS) is 25.4. The van der Waals surface area contributed by atoms with Crippen LogP contribution in [0.1, 0.15) is 70.8 Å². The van der Waals surface area contributed by atoms with Crippen molar-refractivity contribution in [1.29, 1.82) is 0 Å². The smallest absolute Gasteiger partial charge is 0.410 e. The topological polar surface area (TPSA) is 60.3 Å². The second-order valence-electron chi connectivity index (χ2n) is 10.8. The van der Waals surface area contributed by atoms with E-state index in [9.17, 15) is 4.79 Å². The van der Waals surface area contributed by atoms with E-state index in [2.05, 4.69) is 18.8 Å². The molecule has 1 saturated heterocycles. The van der Waals surface area contributed by atoms with Gasteiger partial charge in [-0.3, -0.25) is 4.68 Å². The van der Waals surface area contributed by atoms with Crippen molar-refractivity contribution in [3.05, 3.63) is 22.4 Å². The van der Waals surface area contributed by atoms with Gasteiger partial charge in [0.25, 0.3) is 0 Å². The summed E-state index contributed by atoms with van der Waals surface area (Å²) in [4.78, 5) is 18.7. The van der Waals surface area contributed by atoms with Crippen molar-refractivity contribution in [3.63, 3.8) is 0 Å². The number of likely N-dealkylation sites (tertiary alicyclic amines) is 1. The molecular formula is C23H30ClFN4O2. The summed E-state index contributed by atoms with van der Waals surface area (Å²) < 4.78 is 22.5. The third-order valence-electron chi connectivity index (χ3n) is 6.50. The largest absolute Gasteiger partial charge is 0.444 e. The number of ether oxygens (including phenoxy) is 1. The van der Waals surface area contributed by atoms with Crippen LogP contribution in [0, 0.1) is 23.6 Å². The van der Waals surface area contributed by atoms with Gasteiger partial charge in [-0.2, -0.15) is 5.10 Å². The zero-order valence-electron chi connectivity index (χ0n) is 18.8. The minimum Gasteiger partial charge on any atom is -0.444 e. The number of nitrogens with zero attached hydrogens (tertiary/aromatic N) is 4. The highest BCUT2D eigenvalue weighted by atomic mass is 35.5. The van der Waals surface area contributed by atoms with Crippen LogP contribution in [0.15, 0.2) is 0 Å². The molecular weight excluding hydrogens is 419 g/mol. The fourth-order valence-electron chi connectivity index (χ4n) is 5.03. The SMILES string of the molecule is CC(C)Cc1nc(Cl)c(F)c2c1c(C1C3CN(C(=O)OC(C)(C)C)CC31)nn2C1CC1. The number of fused-ring (bicyclic) bond motifs is 2. The Morgan fingerprint density at radius 2 is 1.90 bits per heavy atom. The number of halogens is 2. The molecule has 0 spiro atoms. The number of rotatable bonds is 4. The van der Waals surface area contributed by atoms with E-state index in [1.807, 2.05) is 25.5 Å². The monoisotopic (exact) mass is 448 g/mol. The van der Waals surface area contributed by atoms with Crippen LogP contribution in [-0.2, 0) is 11.2 Å². The molecule has 6 nitrogen and oxygen atoms in total. The highest BCUT2D eigenvalue weighted by Gasteiger charge is 2.59. The average Bonchev–Trinajstić information content (AvgIpc) is 3.53. The van der Waals surface area contributed by atoms with E-state index < -0.39 is 11.4 Å². The summed E-state index contributed by atoms with van der Waals surface area (Å²) in [6, 6.07) is 0.243. The third kappa shape index (κ3) is 3.69. The van der Waals surface area contributed by atoms with E-state index in [1.54, 1.807) is 4.90 Å². The second-order valence-corrected chi connectivity index (χ2v) is 11.1. The second kappa shape index (κ2) is 7.06. The molecule has 2 saturated carbocycles. The van der Waals surface area contributed by atoms with E-state index in [0.717, 1.165) is 36.0 Å². The summed E-state index contributed by atoms with van der Waals surface area (Å²) in [5.74, 6) is 0.814. The lowest BCUT2D eigenvalue weighted by Gasteiger charge is -2.25. The van der Waals surface area contributed by atoms with Crippen molar-refractivity contribution in [2.75, 3.05) is 13.1 Å². The number of piperidine rings is 1.